The molecule has 3 atom stereocenters. The smallest absolute Gasteiger partial charge is 0.177 e. The van der Waals surface area contributed by atoms with Gasteiger partial charge in [-0.05, 0) is 25.8 Å². The zero-order chi connectivity index (χ0) is 23.6. The van der Waals surface area contributed by atoms with E-state index in [4.69, 9.17) is 4.74 Å². The van der Waals surface area contributed by atoms with Crippen LogP contribution in [0.15, 0.2) is 0 Å². The summed E-state index contributed by atoms with van der Waals surface area (Å²) in [4.78, 5) is 11.6. The van der Waals surface area contributed by atoms with Crippen LogP contribution in [-0.4, -0.2) is 144 Å². The predicted molar refractivity (Wildman–Crippen MR) is 145 cm³/mol. The van der Waals surface area contributed by atoms with Gasteiger partial charge >= 0.3 is 0 Å². The molecule has 6 aliphatic heterocycles. The average molecular weight is 527 g/mol. The summed E-state index contributed by atoms with van der Waals surface area (Å²) < 4.78 is 8.81. The van der Waals surface area contributed by atoms with Gasteiger partial charge in [0.2, 0.25) is 0 Å². The fourth-order valence-electron chi connectivity index (χ4n) is 7.41. The Kier molecular flexibility index (Phi) is 8.49. The fourth-order valence-corrected chi connectivity index (χ4v) is 10.4. The van der Waals surface area contributed by atoms with Gasteiger partial charge < -0.3 is 15.4 Å². The van der Waals surface area contributed by atoms with Gasteiger partial charge in [0, 0.05) is 77.0 Å². The van der Waals surface area contributed by atoms with E-state index < -0.39 is 0 Å². The van der Waals surface area contributed by atoms with Crippen LogP contribution in [0.5, 0.6) is 0 Å². The molecule has 0 aromatic heterocycles. The fraction of sp³-hybridized carbons (Fsp3) is 1.00. The summed E-state index contributed by atoms with van der Waals surface area (Å²) in [6.45, 7) is 14.9. The van der Waals surface area contributed by atoms with Gasteiger partial charge in [-0.25, -0.2) is 0 Å². The van der Waals surface area contributed by atoms with Crippen molar-refractivity contribution >= 4 is 23.7 Å². The highest BCUT2D eigenvalue weighted by molar-refractivity contribution is 8.02. The van der Waals surface area contributed by atoms with E-state index >= 15 is 0 Å². The molecule has 0 aliphatic carbocycles. The molecule has 0 amide bonds. The second-order valence-corrected chi connectivity index (χ2v) is 12.9. The van der Waals surface area contributed by atoms with Crippen LogP contribution in [0, 0.1) is 0 Å². The number of morpholine rings is 1. The second kappa shape index (κ2) is 11.6. The van der Waals surface area contributed by atoms with Crippen molar-refractivity contribution in [3.8, 4) is 0 Å². The molecular formula is C24H46N8OS2. The number of nitrogens with one attached hydrogen (secondary N) is 3. The number of thioether (sulfide) groups is 1. The standard InChI is InChI=1S/C24H46N8OS2/c1-2-4-11-30(10-3-1)24(31-14-8-26-21-31)23(29-15-17-33-18-16-29,28-12-5-6-25-7-13-28)20-35-32(24)22-27-9-19-34-22/h22,25-27H,1-21H2. The molecule has 0 aromatic carbocycles. The molecule has 3 unspecified atom stereocenters. The Bertz CT molecular complexity index is 674. The zero-order valence-corrected chi connectivity index (χ0v) is 23.0. The van der Waals surface area contributed by atoms with Gasteiger partial charge in [0.25, 0.3) is 0 Å². The lowest BCUT2D eigenvalue weighted by Crippen LogP contribution is -2.86. The summed E-state index contributed by atoms with van der Waals surface area (Å²) >= 11 is 4.24. The van der Waals surface area contributed by atoms with E-state index in [2.05, 4.69) is 63.6 Å². The molecule has 0 bridgehead atoms. The van der Waals surface area contributed by atoms with E-state index in [0.717, 1.165) is 78.0 Å². The first-order valence-corrected chi connectivity index (χ1v) is 16.1. The van der Waals surface area contributed by atoms with Crippen molar-refractivity contribution in [2.45, 2.75) is 49.1 Å². The van der Waals surface area contributed by atoms with Crippen LogP contribution in [-0.2, 0) is 4.74 Å². The molecule has 0 saturated carbocycles. The van der Waals surface area contributed by atoms with Gasteiger partial charge in [-0.2, -0.15) is 4.31 Å². The first-order valence-electron chi connectivity index (χ1n) is 14.1. The van der Waals surface area contributed by atoms with Crippen LogP contribution < -0.4 is 16.0 Å². The molecule has 200 valence electrons. The molecule has 9 nitrogen and oxygen atoms in total. The van der Waals surface area contributed by atoms with Gasteiger partial charge in [0.15, 0.2) is 5.79 Å². The molecule has 3 N–H and O–H groups in total. The minimum absolute atomic E-state index is 0.0747. The van der Waals surface area contributed by atoms with Crippen molar-refractivity contribution < 1.29 is 4.74 Å². The summed E-state index contributed by atoms with van der Waals surface area (Å²) in [5, 5.41) is 11.4. The Morgan fingerprint density at radius 3 is 2.17 bits per heavy atom. The van der Waals surface area contributed by atoms with Crippen LogP contribution in [0.2, 0.25) is 0 Å². The molecule has 0 aromatic rings. The minimum Gasteiger partial charge on any atom is -0.379 e. The minimum atomic E-state index is -0.178. The predicted octanol–water partition coefficient (Wildman–Crippen LogP) is 0.287. The molecule has 6 saturated heterocycles. The van der Waals surface area contributed by atoms with E-state index in [0.29, 0.717) is 5.50 Å². The van der Waals surface area contributed by atoms with Gasteiger partial charge in [0.05, 0.1) is 19.9 Å². The van der Waals surface area contributed by atoms with E-state index in [1.165, 1.54) is 57.5 Å². The molecule has 6 heterocycles. The topological polar surface area (TPSA) is 61.5 Å². The van der Waals surface area contributed by atoms with E-state index in [1.807, 2.05) is 0 Å². The third-order valence-electron chi connectivity index (χ3n) is 8.91. The normalized spacial score (nSPS) is 40.3. The van der Waals surface area contributed by atoms with Crippen LogP contribution in [0.25, 0.3) is 0 Å². The second-order valence-electron chi connectivity index (χ2n) is 10.7. The maximum atomic E-state index is 5.95. The average Bonchev–Trinajstić information content (AvgIpc) is 3.58. The van der Waals surface area contributed by atoms with Crippen molar-refractivity contribution in [1.29, 1.82) is 0 Å². The zero-order valence-electron chi connectivity index (χ0n) is 21.4. The molecule has 6 fully saturated rings. The van der Waals surface area contributed by atoms with Crippen molar-refractivity contribution in [1.82, 2.24) is 39.9 Å². The number of ether oxygens (including phenoxy) is 1. The largest absolute Gasteiger partial charge is 0.379 e. The first-order chi connectivity index (χ1) is 17.4. The Morgan fingerprint density at radius 1 is 0.686 bits per heavy atom. The summed E-state index contributed by atoms with van der Waals surface area (Å²) in [6.07, 6.45) is 6.59. The lowest BCUT2D eigenvalue weighted by atomic mass is 9.92. The highest BCUT2D eigenvalue weighted by Crippen LogP contribution is 2.55. The lowest BCUT2D eigenvalue weighted by Gasteiger charge is -2.65. The van der Waals surface area contributed by atoms with Crippen LogP contribution in [0.3, 0.4) is 0 Å². The third-order valence-corrected chi connectivity index (χ3v) is 11.4. The van der Waals surface area contributed by atoms with Crippen molar-refractivity contribution in [3.63, 3.8) is 0 Å². The van der Waals surface area contributed by atoms with Crippen molar-refractivity contribution in [3.05, 3.63) is 0 Å². The maximum absolute atomic E-state index is 5.95. The SMILES string of the molecule is C1CCCN(C2(N3CCNC3)N(C3NCCS3)SCC2(N2CCCNCC2)N2CCOCC2)CC1. The number of nitrogens with zero attached hydrogens (tertiary/aromatic N) is 5. The Balaban J connectivity index is 1.53. The third kappa shape index (κ3) is 4.50. The highest BCUT2D eigenvalue weighted by atomic mass is 32.2. The van der Waals surface area contributed by atoms with Gasteiger partial charge in [0.1, 0.15) is 11.2 Å². The summed E-state index contributed by atoms with van der Waals surface area (Å²) in [7, 11) is 0. The van der Waals surface area contributed by atoms with Crippen LogP contribution in [0.4, 0.5) is 0 Å². The number of hydrogen-bond donors (Lipinski definition) is 3. The molecule has 11 heteroatoms. The first kappa shape index (κ1) is 25.6. The number of rotatable bonds is 5. The molecule has 35 heavy (non-hydrogen) atoms. The Labute approximate surface area is 220 Å². The molecule has 6 aliphatic rings. The molecule has 0 radical (unpaired) electrons. The van der Waals surface area contributed by atoms with E-state index in [9.17, 15) is 0 Å². The van der Waals surface area contributed by atoms with Crippen molar-refractivity contribution in [2.24, 2.45) is 0 Å². The maximum Gasteiger partial charge on any atom is 0.177 e. The summed E-state index contributed by atoms with van der Waals surface area (Å²) in [6, 6.07) is 0. The number of hydrogen-bond acceptors (Lipinski definition) is 11. The van der Waals surface area contributed by atoms with E-state index in [-0.39, 0.29) is 11.4 Å². The molecular weight excluding hydrogens is 480 g/mol. The summed E-state index contributed by atoms with van der Waals surface area (Å²) in [5.74, 6) is 2.15. The van der Waals surface area contributed by atoms with Crippen LogP contribution >= 0.6 is 23.7 Å². The quantitative estimate of drug-likeness (QED) is 0.433. The van der Waals surface area contributed by atoms with Crippen molar-refractivity contribution in [2.75, 3.05) is 103 Å². The molecule has 6 rings (SSSR count). The molecule has 0 spiro atoms. The lowest BCUT2D eigenvalue weighted by molar-refractivity contribution is -0.258. The summed E-state index contributed by atoms with van der Waals surface area (Å²) in [5.41, 5.74) is 0.283. The Morgan fingerprint density at radius 2 is 1.43 bits per heavy atom. The van der Waals surface area contributed by atoms with E-state index in [1.54, 1.807) is 0 Å². The van der Waals surface area contributed by atoms with Gasteiger partial charge in [-0.3, -0.25) is 24.9 Å². The Hall–Kier alpha value is 0.340. The van der Waals surface area contributed by atoms with Gasteiger partial charge in [-0.15, -0.1) is 11.8 Å². The van der Waals surface area contributed by atoms with Crippen LogP contribution in [0.1, 0.15) is 32.1 Å². The number of likely N-dealkylation sites (tertiary alicyclic amines) is 1. The highest BCUT2D eigenvalue weighted by Gasteiger charge is 2.72. The van der Waals surface area contributed by atoms with Gasteiger partial charge in [-0.1, -0.05) is 24.8 Å². The monoisotopic (exact) mass is 526 g/mol.